The monoisotopic (exact) mass is 512 g/mol. The van der Waals surface area contributed by atoms with E-state index in [1.54, 1.807) is 55.4 Å². The van der Waals surface area contributed by atoms with Crippen LogP contribution in [0.15, 0.2) is 48.5 Å². The van der Waals surface area contributed by atoms with Crippen LogP contribution < -0.4 is 0 Å². The largest absolute Gasteiger partial charge is 0.714 e. The first kappa shape index (κ1) is 24.7. The maximum Gasteiger partial charge on any atom is 0.317 e. The third-order valence-electron chi connectivity index (χ3n) is 9.87. The van der Waals surface area contributed by atoms with Gasteiger partial charge < -0.3 is 10.4 Å². The minimum absolute atomic E-state index is 0.0544. The van der Waals surface area contributed by atoms with Gasteiger partial charge >= 0.3 is 11.7 Å². The molecule has 2 aliphatic rings. The van der Waals surface area contributed by atoms with Crippen LogP contribution in [0.1, 0.15) is 66.5 Å². The third kappa shape index (κ3) is 2.67. The summed E-state index contributed by atoms with van der Waals surface area (Å²) in [6.45, 7) is 14.2. The summed E-state index contributed by atoms with van der Waals surface area (Å²) in [6, 6.07) is 15.4. The van der Waals surface area contributed by atoms with Crippen molar-refractivity contribution < 1.29 is 19.9 Å². The van der Waals surface area contributed by atoms with Crippen LogP contribution in [0.2, 0.25) is 0 Å². The molecule has 0 amide bonds. The van der Waals surface area contributed by atoms with Gasteiger partial charge in [-0.2, -0.15) is 0 Å². The Labute approximate surface area is 221 Å². The summed E-state index contributed by atoms with van der Waals surface area (Å²) in [5, 5.41) is 61.1. The van der Waals surface area contributed by atoms with Gasteiger partial charge in [0.05, 0.1) is 11.1 Å². The highest BCUT2D eigenvalue weighted by Gasteiger charge is 2.61. The zero-order valence-electron chi connectivity index (χ0n) is 23.0. The molecule has 2 heterocycles. The lowest BCUT2D eigenvalue weighted by molar-refractivity contribution is -0.539. The normalized spacial score (nSPS) is 22.2. The molecule has 8 heteroatoms. The lowest BCUT2D eigenvalue weighted by atomic mass is 9.84. The van der Waals surface area contributed by atoms with Crippen molar-refractivity contribution in [2.75, 3.05) is 0 Å². The molecule has 0 saturated carbocycles. The topological polar surface area (TPSA) is 98.4 Å². The average Bonchev–Trinajstić information content (AvgIpc) is 3.05. The van der Waals surface area contributed by atoms with Gasteiger partial charge in [0.1, 0.15) is 11.1 Å². The minimum atomic E-state index is -0.962. The van der Waals surface area contributed by atoms with E-state index in [2.05, 4.69) is 0 Å². The van der Waals surface area contributed by atoms with Crippen molar-refractivity contribution in [3.63, 3.8) is 0 Å². The molecule has 38 heavy (non-hydrogen) atoms. The quantitative estimate of drug-likeness (QED) is 0.200. The van der Waals surface area contributed by atoms with Crippen molar-refractivity contribution in [2.45, 2.75) is 77.5 Å². The van der Waals surface area contributed by atoms with Gasteiger partial charge in [0.15, 0.2) is 11.1 Å². The van der Waals surface area contributed by atoms with Crippen molar-refractivity contribution in [2.24, 2.45) is 0 Å². The zero-order chi connectivity index (χ0) is 27.7. The molecule has 0 atom stereocenters. The van der Waals surface area contributed by atoms with Crippen LogP contribution in [0.4, 0.5) is 0 Å². The number of hydrogen-bond donors (Lipinski definition) is 0. The van der Waals surface area contributed by atoms with E-state index in [1.807, 2.05) is 48.5 Å². The molecule has 0 aliphatic carbocycles. The van der Waals surface area contributed by atoms with Gasteiger partial charge in [-0.25, -0.2) is 0 Å². The summed E-state index contributed by atoms with van der Waals surface area (Å²) in [6.07, 6.45) is 0. The molecule has 0 N–H and O–H groups in total. The third-order valence-corrected chi connectivity index (χ3v) is 9.87. The van der Waals surface area contributed by atoms with E-state index in [4.69, 9.17) is 0 Å². The van der Waals surface area contributed by atoms with Crippen LogP contribution in [0.3, 0.4) is 0 Å². The van der Waals surface area contributed by atoms with Crippen molar-refractivity contribution in [1.29, 1.82) is 0 Å². The highest BCUT2D eigenvalue weighted by atomic mass is 16.5. The predicted molar refractivity (Wildman–Crippen MR) is 147 cm³/mol. The first-order valence-corrected chi connectivity index (χ1v) is 12.9. The Balaban J connectivity index is 1.71. The molecule has 0 bridgehead atoms. The highest BCUT2D eigenvalue weighted by molar-refractivity contribution is 6.28. The molecule has 2 aliphatic heterocycles. The molecular formula is C30H32N4O4. The Hall–Kier alpha value is -3.62. The molecule has 0 unspecified atom stereocenters. The van der Waals surface area contributed by atoms with Gasteiger partial charge in [0, 0.05) is 10.4 Å². The van der Waals surface area contributed by atoms with Crippen molar-refractivity contribution in [3.8, 4) is 0 Å². The molecular weight excluding hydrogens is 480 g/mol. The molecule has 0 spiro atoms. The number of amidine groups is 2. The van der Waals surface area contributed by atoms with E-state index in [0.717, 1.165) is 51.9 Å². The molecule has 8 nitrogen and oxygen atoms in total. The number of hydrogen-bond acceptors (Lipinski definition) is 4. The maximum absolute atomic E-state index is 13.6. The fraction of sp³-hybridized carbons (Fsp3) is 0.400. The van der Waals surface area contributed by atoms with Crippen molar-refractivity contribution in [1.82, 2.24) is 10.1 Å². The second-order valence-electron chi connectivity index (χ2n) is 12.8. The molecule has 0 saturated heterocycles. The summed E-state index contributed by atoms with van der Waals surface area (Å²) < 4.78 is 1.64. The molecule has 0 aromatic heterocycles. The Morgan fingerprint density at radius 1 is 0.632 bits per heavy atom. The van der Waals surface area contributed by atoms with Crippen LogP contribution >= 0.6 is 0 Å². The Morgan fingerprint density at radius 3 is 1.71 bits per heavy atom. The van der Waals surface area contributed by atoms with E-state index in [1.165, 1.54) is 0 Å². The average molecular weight is 513 g/mol. The standard InChI is InChI=1S/C30H32N4O4/c1-27(2)28(3,4)32(36)25(31(27)35)20-14-18-13-12-17-10-9-11-21-22(16-19(15-20)23(18)24(17)21)26-33(37)29(5,6)30(7,8)34(26)38/h9-16H,1-8H3. The smallest absolute Gasteiger partial charge is 0.317 e. The molecule has 6 rings (SSSR count). The maximum atomic E-state index is 13.6. The van der Waals surface area contributed by atoms with Gasteiger partial charge in [-0.3, -0.25) is 9.48 Å². The second-order valence-corrected chi connectivity index (χ2v) is 12.8. The first-order valence-electron chi connectivity index (χ1n) is 12.9. The second kappa shape index (κ2) is 7.07. The van der Waals surface area contributed by atoms with E-state index in [-0.39, 0.29) is 11.7 Å². The first-order chi connectivity index (χ1) is 17.5. The summed E-state index contributed by atoms with van der Waals surface area (Å²) in [5.41, 5.74) is -2.79. The fourth-order valence-corrected chi connectivity index (χ4v) is 5.83. The summed E-state index contributed by atoms with van der Waals surface area (Å²) in [7, 11) is 0. The lowest BCUT2D eigenvalue weighted by Gasteiger charge is -2.32. The van der Waals surface area contributed by atoms with E-state index in [0.29, 0.717) is 11.1 Å². The summed E-state index contributed by atoms with van der Waals surface area (Å²) in [5.74, 6) is 0.117. The number of rotatable bonds is 2. The van der Waals surface area contributed by atoms with Crippen LogP contribution in [0.5, 0.6) is 0 Å². The Bertz CT molecular complexity index is 1730. The molecule has 0 fully saturated rings. The molecule has 196 valence electrons. The van der Waals surface area contributed by atoms with Crippen LogP contribution in [0, 0.1) is 10.4 Å². The van der Waals surface area contributed by atoms with Crippen LogP contribution in [-0.2, 0) is 10.4 Å². The highest BCUT2D eigenvalue weighted by Crippen LogP contribution is 2.43. The number of hydroxylamine groups is 6. The SMILES string of the molecule is CC1(C)N([O])C(c2cc3ccc4cccc5c(C6=[N+]([O-])C(C)(C)C(C)(C)N6[O])cc(c2)c3c45)=[N+]([O-])C1(C)C. The Kier molecular flexibility index (Phi) is 4.59. The van der Waals surface area contributed by atoms with Crippen LogP contribution in [0.25, 0.3) is 32.3 Å². The Morgan fingerprint density at radius 2 is 1.16 bits per heavy atom. The van der Waals surface area contributed by atoms with Crippen molar-refractivity contribution in [3.05, 3.63) is 70.1 Å². The predicted octanol–water partition coefficient (Wildman–Crippen LogP) is 5.53. The van der Waals surface area contributed by atoms with Gasteiger partial charge in [0.2, 0.25) is 0 Å². The van der Waals surface area contributed by atoms with E-state index >= 15 is 0 Å². The number of nitrogens with zero attached hydrogens (tertiary/aromatic N) is 4. The minimum Gasteiger partial charge on any atom is -0.714 e. The zero-order valence-corrected chi connectivity index (χ0v) is 23.0. The summed E-state index contributed by atoms with van der Waals surface area (Å²) >= 11 is 0. The van der Waals surface area contributed by atoms with Gasteiger partial charge in [-0.05, 0) is 106 Å². The van der Waals surface area contributed by atoms with Gasteiger partial charge in [-0.15, -0.1) is 0 Å². The fourth-order valence-electron chi connectivity index (χ4n) is 5.83. The molecule has 4 aromatic rings. The van der Waals surface area contributed by atoms with Gasteiger partial charge in [-0.1, -0.05) is 40.5 Å². The van der Waals surface area contributed by atoms with Crippen molar-refractivity contribution >= 4 is 44.0 Å². The van der Waals surface area contributed by atoms with E-state index < -0.39 is 22.2 Å². The molecule has 4 aromatic carbocycles. The van der Waals surface area contributed by atoms with E-state index in [9.17, 15) is 20.8 Å². The molecule has 2 radical (unpaired) electrons. The van der Waals surface area contributed by atoms with Gasteiger partial charge in [0.25, 0.3) is 0 Å². The lowest BCUT2D eigenvalue weighted by Crippen LogP contribution is -2.53. The summed E-state index contributed by atoms with van der Waals surface area (Å²) in [4.78, 5) is 0. The number of benzene rings is 4. The van der Waals surface area contributed by atoms with Crippen LogP contribution in [-0.4, -0.2) is 53.4 Å².